The van der Waals surface area contributed by atoms with Crippen LogP contribution in [-0.2, 0) is 24.1 Å². The molecule has 0 spiro atoms. The summed E-state index contributed by atoms with van der Waals surface area (Å²) in [5.74, 6) is 1.10. The van der Waals surface area contributed by atoms with Crippen molar-refractivity contribution in [3.63, 3.8) is 0 Å². The van der Waals surface area contributed by atoms with Gasteiger partial charge in [0.2, 0.25) is 5.95 Å². The standard InChI is InChI=1S/C27H28F3N9O4/c1-17(15-43-16-20-11-38(36-35-20)21-12-37(13-21)26-31-7-19(14-40)8-32-26)34-23-9-33-39(25(41)24(23)27(28,29)30)10-18-3-5-22(42-2)6-4-18/h3-9,11,14,17,21,34H,10,12-13,15-16H2,1-2H3. The molecule has 1 N–H and O–H groups in total. The van der Waals surface area contributed by atoms with Crippen LogP contribution in [0.2, 0.25) is 0 Å². The van der Waals surface area contributed by atoms with E-state index in [1.54, 1.807) is 42.1 Å². The van der Waals surface area contributed by atoms with Gasteiger partial charge in [-0.25, -0.2) is 19.3 Å². The third-order valence-corrected chi connectivity index (χ3v) is 6.71. The zero-order chi connectivity index (χ0) is 30.6. The average molecular weight is 600 g/mol. The molecule has 3 aromatic heterocycles. The first-order valence-electron chi connectivity index (χ1n) is 13.2. The summed E-state index contributed by atoms with van der Waals surface area (Å²) in [6, 6.07) is 6.07. The van der Waals surface area contributed by atoms with Crippen LogP contribution in [0.3, 0.4) is 0 Å². The predicted octanol–water partition coefficient (Wildman–Crippen LogP) is 2.59. The SMILES string of the molecule is COc1ccc(Cn2ncc(NC(C)COCc3cn(C4CN(c5ncc(C=O)cn5)C4)nn3)c(C(F)(F)F)c2=O)cc1. The lowest BCUT2D eigenvalue weighted by molar-refractivity contribution is -0.138. The van der Waals surface area contributed by atoms with Gasteiger partial charge in [0.05, 0.1) is 56.6 Å². The number of aldehydes is 1. The molecule has 4 aromatic rings. The fourth-order valence-electron chi connectivity index (χ4n) is 4.44. The van der Waals surface area contributed by atoms with Gasteiger partial charge in [-0.15, -0.1) is 5.10 Å². The zero-order valence-electron chi connectivity index (χ0n) is 23.2. The van der Waals surface area contributed by atoms with Crippen LogP contribution >= 0.6 is 0 Å². The molecule has 1 aliphatic heterocycles. The summed E-state index contributed by atoms with van der Waals surface area (Å²) in [6.07, 6.45) is 1.44. The van der Waals surface area contributed by atoms with Crippen molar-refractivity contribution in [2.24, 2.45) is 0 Å². The highest BCUT2D eigenvalue weighted by Crippen LogP contribution is 2.32. The van der Waals surface area contributed by atoms with Gasteiger partial charge in [0.25, 0.3) is 5.56 Å². The van der Waals surface area contributed by atoms with Gasteiger partial charge in [-0.3, -0.25) is 9.59 Å². The van der Waals surface area contributed by atoms with Crippen LogP contribution < -0.4 is 20.5 Å². The molecule has 1 atom stereocenters. The van der Waals surface area contributed by atoms with Crippen molar-refractivity contribution in [1.82, 2.24) is 34.7 Å². The molecule has 0 aliphatic carbocycles. The summed E-state index contributed by atoms with van der Waals surface area (Å²) in [6.45, 7) is 2.84. The van der Waals surface area contributed by atoms with Crippen LogP contribution in [0.1, 0.15) is 40.1 Å². The molecule has 1 fully saturated rings. The number of carbonyl (C=O) groups is 1. The molecule has 0 amide bonds. The Balaban J connectivity index is 1.14. The molecular weight excluding hydrogens is 571 g/mol. The van der Waals surface area contributed by atoms with E-state index in [2.05, 4.69) is 30.7 Å². The van der Waals surface area contributed by atoms with E-state index in [0.717, 1.165) is 10.9 Å². The van der Waals surface area contributed by atoms with Crippen molar-refractivity contribution in [3.05, 3.63) is 81.8 Å². The van der Waals surface area contributed by atoms with Crippen LogP contribution in [0.5, 0.6) is 5.75 Å². The predicted molar refractivity (Wildman–Crippen MR) is 147 cm³/mol. The lowest BCUT2D eigenvalue weighted by Gasteiger charge is -2.38. The van der Waals surface area contributed by atoms with E-state index in [9.17, 15) is 22.8 Å². The summed E-state index contributed by atoms with van der Waals surface area (Å²) >= 11 is 0. The van der Waals surface area contributed by atoms with E-state index in [-0.39, 0.29) is 25.8 Å². The minimum Gasteiger partial charge on any atom is -0.497 e. The van der Waals surface area contributed by atoms with Gasteiger partial charge in [-0.2, -0.15) is 18.3 Å². The molecule has 1 saturated heterocycles. The summed E-state index contributed by atoms with van der Waals surface area (Å²) in [5.41, 5.74) is -1.46. The Hall–Kier alpha value is -4.86. The molecular formula is C27H28F3N9O4. The normalized spacial score (nSPS) is 14.3. The van der Waals surface area contributed by atoms with Gasteiger partial charge in [0.15, 0.2) is 6.29 Å². The number of nitrogens with one attached hydrogen (secondary N) is 1. The number of methoxy groups -OCH3 is 1. The number of nitrogens with zero attached hydrogens (tertiary/aromatic N) is 8. The van der Waals surface area contributed by atoms with E-state index < -0.39 is 29.0 Å². The maximum absolute atomic E-state index is 13.9. The Bertz CT molecular complexity index is 1600. The fraction of sp³-hybridized carbons (Fsp3) is 0.370. The quantitative estimate of drug-likeness (QED) is 0.240. The lowest BCUT2D eigenvalue weighted by Crippen LogP contribution is -2.48. The fourth-order valence-corrected chi connectivity index (χ4v) is 4.44. The molecule has 4 heterocycles. The molecule has 5 rings (SSSR count). The molecule has 0 bridgehead atoms. The number of benzene rings is 1. The lowest BCUT2D eigenvalue weighted by atomic mass is 10.1. The van der Waals surface area contributed by atoms with Gasteiger partial charge in [0.1, 0.15) is 17.0 Å². The van der Waals surface area contributed by atoms with Crippen LogP contribution in [0.25, 0.3) is 0 Å². The second-order valence-corrected chi connectivity index (χ2v) is 9.99. The highest BCUT2D eigenvalue weighted by Gasteiger charge is 2.38. The van der Waals surface area contributed by atoms with E-state index in [1.807, 2.05) is 4.90 Å². The molecule has 0 saturated carbocycles. The first-order chi connectivity index (χ1) is 20.6. The van der Waals surface area contributed by atoms with Gasteiger partial charge >= 0.3 is 6.18 Å². The van der Waals surface area contributed by atoms with Crippen molar-refractivity contribution >= 4 is 17.9 Å². The molecule has 43 heavy (non-hydrogen) atoms. The van der Waals surface area contributed by atoms with E-state index >= 15 is 0 Å². The number of carbonyl (C=O) groups excluding carboxylic acids is 1. The minimum atomic E-state index is -4.90. The van der Waals surface area contributed by atoms with E-state index in [1.165, 1.54) is 19.5 Å². The first kappa shape index (κ1) is 29.6. The van der Waals surface area contributed by atoms with Gasteiger partial charge in [-0.05, 0) is 24.6 Å². The second kappa shape index (κ2) is 12.6. The highest BCUT2D eigenvalue weighted by atomic mass is 19.4. The van der Waals surface area contributed by atoms with Crippen LogP contribution in [-0.4, -0.2) is 73.9 Å². The molecule has 1 aliphatic rings. The summed E-state index contributed by atoms with van der Waals surface area (Å²) in [7, 11) is 1.50. The van der Waals surface area contributed by atoms with Crippen molar-refractivity contribution in [2.75, 3.05) is 37.0 Å². The van der Waals surface area contributed by atoms with Crippen molar-refractivity contribution < 1.29 is 27.4 Å². The van der Waals surface area contributed by atoms with Gasteiger partial charge in [-0.1, -0.05) is 17.3 Å². The smallest absolute Gasteiger partial charge is 0.423 e. The monoisotopic (exact) mass is 599 g/mol. The Kier molecular flexibility index (Phi) is 8.66. The molecule has 0 radical (unpaired) electrons. The van der Waals surface area contributed by atoms with Crippen LogP contribution in [0, 0.1) is 0 Å². The number of hydrogen-bond acceptors (Lipinski definition) is 11. The van der Waals surface area contributed by atoms with E-state index in [4.69, 9.17) is 9.47 Å². The zero-order valence-corrected chi connectivity index (χ0v) is 23.2. The first-order valence-corrected chi connectivity index (χ1v) is 13.2. The number of aromatic nitrogens is 7. The summed E-state index contributed by atoms with van der Waals surface area (Å²) in [5, 5.41) is 14.9. The van der Waals surface area contributed by atoms with Gasteiger partial charge in [0, 0.05) is 31.5 Å². The Labute approximate surface area is 243 Å². The number of anilines is 2. The Morgan fingerprint density at radius 1 is 1.14 bits per heavy atom. The summed E-state index contributed by atoms with van der Waals surface area (Å²) < 4.78 is 55.0. The van der Waals surface area contributed by atoms with Crippen LogP contribution in [0.15, 0.2) is 53.8 Å². The largest absolute Gasteiger partial charge is 0.497 e. The molecule has 1 aromatic carbocycles. The third kappa shape index (κ3) is 6.97. The highest BCUT2D eigenvalue weighted by molar-refractivity contribution is 5.73. The van der Waals surface area contributed by atoms with Crippen molar-refractivity contribution in [1.29, 1.82) is 0 Å². The van der Waals surface area contributed by atoms with E-state index in [0.29, 0.717) is 47.9 Å². The number of alkyl halides is 3. The van der Waals surface area contributed by atoms with Crippen molar-refractivity contribution in [2.45, 2.75) is 38.3 Å². The van der Waals surface area contributed by atoms with Crippen LogP contribution in [0.4, 0.5) is 24.8 Å². The topological polar surface area (TPSA) is 142 Å². The number of hydrogen-bond donors (Lipinski definition) is 1. The number of ether oxygens (including phenoxy) is 2. The maximum atomic E-state index is 13.9. The Morgan fingerprint density at radius 2 is 1.86 bits per heavy atom. The minimum absolute atomic E-state index is 0.0322. The van der Waals surface area contributed by atoms with Crippen molar-refractivity contribution in [3.8, 4) is 5.75 Å². The number of rotatable bonds is 12. The molecule has 1 unspecified atom stereocenters. The summed E-state index contributed by atoms with van der Waals surface area (Å²) in [4.78, 5) is 33.8. The number of halogens is 3. The second-order valence-electron chi connectivity index (χ2n) is 9.99. The molecule has 16 heteroatoms. The Morgan fingerprint density at radius 3 is 2.51 bits per heavy atom. The molecule has 226 valence electrons. The van der Waals surface area contributed by atoms with Gasteiger partial charge < -0.3 is 19.7 Å². The molecule has 13 nitrogen and oxygen atoms in total. The maximum Gasteiger partial charge on any atom is 0.423 e. The third-order valence-electron chi connectivity index (χ3n) is 6.71. The average Bonchev–Trinajstić information content (AvgIpc) is 3.42.